The van der Waals surface area contributed by atoms with Crippen molar-refractivity contribution in [2.24, 2.45) is 0 Å². The van der Waals surface area contributed by atoms with Crippen LogP contribution in [0.25, 0.3) is 0 Å². The molecule has 0 saturated carbocycles. The molecule has 1 unspecified atom stereocenters. The largest absolute Gasteiger partial charge is 0.497 e. The topological polar surface area (TPSA) is 38.7 Å². The Balaban J connectivity index is 1.93. The van der Waals surface area contributed by atoms with Gasteiger partial charge in [0.1, 0.15) is 18.1 Å². The third-order valence-corrected chi connectivity index (χ3v) is 3.22. The second-order valence-electron chi connectivity index (χ2n) is 4.63. The first kappa shape index (κ1) is 14.4. The lowest BCUT2D eigenvalue weighted by Crippen LogP contribution is -1.97. The van der Waals surface area contributed by atoms with Gasteiger partial charge in [-0.05, 0) is 41.8 Å². The van der Waals surface area contributed by atoms with Gasteiger partial charge in [-0.1, -0.05) is 31.2 Å². The van der Waals surface area contributed by atoms with Crippen LogP contribution in [0.15, 0.2) is 48.5 Å². The zero-order valence-electron chi connectivity index (χ0n) is 11.9. The van der Waals surface area contributed by atoms with E-state index in [1.165, 1.54) is 0 Å². The maximum absolute atomic E-state index is 9.72. The zero-order chi connectivity index (χ0) is 14.4. The molecule has 0 spiro atoms. The molecule has 0 aliphatic heterocycles. The van der Waals surface area contributed by atoms with E-state index in [4.69, 9.17) is 9.47 Å². The maximum atomic E-state index is 9.72. The van der Waals surface area contributed by atoms with E-state index < -0.39 is 6.10 Å². The smallest absolute Gasteiger partial charge is 0.119 e. The van der Waals surface area contributed by atoms with Crippen LogP contribution in [-0.2, 0) is 6.61 Å². The van der Waals surface area contributed by atoms with Crippen LogP contribution in [0.4, 0.5) is 0 Å². The highest BCUT2D eigenvalue weighted by atomic mass is 16.5. The molecule has 2 aromatic rings. The van der Waals surface area contributed by atoms with Crippen LogP contribution < -0.4 is 9.47 Å². The van der Waals surface area contributed by atoms with Gasteiger partial charge in [0.15, 0.2) is 0 Å². The van der Waals surface area contributed by atoms with Crippen LogP contribution in [0.2, 0.25) is 0 Å². The monoisotopic (exact) mass is 272 g/mol. The molecule has 3 nitrogen and oxygen atoms in total. The Morgan fingerprint density at radius 3 is 2.10 bits per heavy atom. The predicted octanol–water partition coefficient (Wildman–Crippen LogP) is 3.72. The van der Waals surface area contributed by atoms with E-state index in [1.54, 1.807) is 7.11 Å². The average Bonchev–Trinajstić information content (AvgIpc) is 2.53. The van der Waals surface area contributed by atoms with Crippen molar-refractivity contribution in [3.05, 3.63) is 59.7 Å². The maximum Gasteiger partial charge on any atom is 0.119 e. The fraction of sp³-hybridized carbons (Fsp3) is 0.294. The van der Waals surface area contributed by atoms with Crippen molar-refractivity contribution in [2.75, 3.05) is 7.11 Å². The zero-order valence-corrected chi connectivity index (χ0v) is 11.9. The van der Waals surface area contributed by atoms with Crippen LogP contribution >= 0.6 is 0 Å². The standard InChI is InChI=1S/C17H20O3/c1-3-17(18)14-6-10-16(11-7-14)20-12-13-4-8-15(19-2)9-5-13/h4-11,17-18H,3,12H2,1-2H3. The number of benzene rings is 2. The minimum atomic E-state index is -0.398. The Morgan fingerprint density at radius 1 is 0.950 bits per heavy atom. The van der Waals surface area contributed by atoms with E-state index >= 15 is 0 Å². The van der Waals surface area contributed by atoms with Crippen molar-refractivity contribution in [1.29, 1.82) is 0 Å². The normalized spacial score (nSPS) is 11.9. The second-order valence-corrected chi connectivity index (χ2v) is 4.63. The van der Waals surface area contributed by atoms with Gasteiger partial charge >= 0.3 is 0 Å². The molecule has 0 radical (unpaired) electrons. The van der Waals surface area contributed by atoms with Crippen molar-refractivity contribution < 1.29 is 14.6 Å². The number of rotatable bonds is 6. The highest BCUT2D eigenvalue weighted by molar-refractivity contribution is 5.30. The van der Waals surface area contributed by atoms with Crippen LogP contribution in [0, 0.1) is 0 Å². The molecule has 3 heteroatoms. The van der Waals surface area contributed by atoms with Gasteiger partial charge in [0.25, 0.3) is 0 Å². The first-order valence-corrected chi connectivity index (χ1v) is 6.76. The average molecular weight is 272 g/mol. The Hall–Kier alpha value is -2.00. The lowest BCUT2D eigenvalue weighted by atomic mass is 10.1. The number of aliphatic hydroxyl groups excluding tert-OH is 1. The predicted molar refractivity (Wildman–Crippen MR) is 79.0 cm³/mol. The summed E-state index contributed by atoms with van der Waals surface area (Å²) in [6.07, 6.45) is 0.317. The van der Waals surface area contributed by atoms with Gasteiger partial charge in [0, 0.05) is 0 Å². The van der Waals surface area contributed by atoms with Gasteiger partial charge in [-0.15, -0.1) is 0 Å². The molecule has 0 bridgehead atoms. The van der Waals surface area contributed by atoms with Crippen LogP contribution in [0.3, 0.4) is 0 Å². The van der Waals surface area contributed by atoms with Gasteiger partial charge in [0.2, 0.25) is 0 Å². The lowest BCUT2D eigenvalue weighted by Gasteiger charge is -2.10. The van der Waals surface area contributed by atoms with Crippen molar-refractivity contribution in [3.8, 4) is 11.5 Å². The summed E-state index contributed by atoms with van der Waals surface area (Å²) in [6.45, 7) is 2.47. The molecule has 20 heavy (non-hydrogen) atoms. The summed E-state index contributed by atoms with van der Waals surface area (Å²) >= 11 is 0. The number of hydrogen-bond acceptors (Lipinski definition) is 3. The first-order chi connectivity index (χ1) is 9.72. The summed E-state index contributed by atoms with van der Waals surface area (Å²) < 4.78 is 10.8. The van der Waals surface area contributed by atoms with Gasteiger partial charge in [-0.25, -0.2) is 0 Å². The van der Waals surface area contributed by atoms with Crippen molar-refractivity contribution >= 4 is 0 Å². The van der Waals surface area contributed by atoms with Gasteiger partial charge in [-0.3, -0.25) is 0 Å². The second kappa shape index (κ2) is 6.96. The van der Waals surface area contributed by atoms with Gasteiger partial charge < -0.3 is 14.6 Å². The first-order valence-electron chi connectivity index (χ1n) is 6.76. The Bertz CT molecular complexity index is 517. The summed E-state index contributed by atoms with van der Waals surface area (Å²) in [7, 11) is 1.65. The summed E-state index contributed by atoms with van der Waals surface area (Å²) in [4.78, 5) is 0. The number of hydrogen-bond donors (Lipinski definition) is 1. The Morgan fingerprint density at radius 2 is 1.55 bits per heavy atom. The third-order valence-electron chi connectivity index (χ3n) is 3.22. The quantitative estimate of drug-likeness (QED) is 0.871. The fourth-order valence-corrected chi connectivity index (χ4v) is 1.91. The minimum Gasteiger partial charge on any atom is -0.497 e. The molecule has 2 rings (SSSR count). The third kappa shape index (κ3) is 3.75. The Kier molecular flexibility index (Phi) is 5.02. The summed E-state index contributed by atoms with van der Waals surface area (Å²) in [5.74, 6) is 1.64. The molecule has 0 fully saturated rings. The highest BCUT2D eigenvalue weighted by Gasteiger charge is 2.04. The molecular weight excluding hydrogens is 252 g/mol. The summed E-state index contributed by atoms with van der Waals surface area (Å²) in [5.41, 5.74) is 2.01. The van der Waals surface area contributed by atoms with E-state index in [1.807, 2.05) is 55.5 Å². The molecule has 0 heterocycles. The molecule has 2 aromatic carbocycles. The molecule has 1 atom stereocenters. The molecule has 0 aromatic heterocycles. The Labute approximate surface area is 119 Å². The number of methoxy groups -OCH3 is 1. The van der Waals surface area contributed by atoms with Crippen molar-refractivity contribution in [1.82, 2.24) is 0 Å². The van der Waals surface area contributed by atoms with E-state index in [2.05, 4.69) is 0 Å². The van der Waals surface area contributed by atoms with Gasteiger partial charge in [-0.2, -0.15) is 0 Å². The summed E-state index contributed by atoms with van der Waals surface area (Å²) in [5, 5.41) is 9.72. The van der Waals surface area contributed by atoms with E-state index in [0.717, 1.165) is 22.6 Å². The minimum absolute atomic E-state index is 0.398. The number of ether oxygens (including phenoxy) is 2. The van der Waals surface area contributed by atoms with Crippen LogP contribution in [-0.4, -0.2) is 12.2 Å². The molecule has 106 valence electrons. The highest BCUT2D eigenvalue weighted by Crippen LogP contribution is 2.21. The van der Waals surface area contributed by atoms with E-state index in [-0.39, 0.29) is 0 Å². The molecule has 0 saturated heterocycles. The van der Waals surface area contributed by atoms with E-state index in [9.17, 15) is 5.11 Å². The molecular formula is C17H20O3. The molecule has 1 N–H and O–H groups in total. The molecule has 0 aliphatic rings. The van der Waals surface area contributed by atoms with Gasteiger partial charge in [0.05, 0.1) is 13.2 Å². The van der Waals surface area contributed by atoms with Crippen molar-refractivity contribution in [3.63, 3.8) is 0 Å². The molecule has 0 amide bonds. The SMILES string of the molecule is CCC(O)c1ccc(OCc2ccc(OC)cc2)cc1. The lowest BCUT2D eigenvalue weighted by molar-refractivity contribution is 0.173. The van der Waals surface area contributed by atoms with E-state index in [0.29, 0.717) is 13.0 Å². The number of aliphatic hydroxyl groups is 1. The van der Waals surface area contributed by atoms with Crippen molar-refractivity contribution in [2.45, 2.75) is 26.1 Å². The molecule has 0 aliphatic carbocycles. The summed E-state index contributed by atoms with van der Waals surface area (Å²) in [6, 6.07) is 15.4. The van der Waals surface area contributed by atoms with Crippen LogP contribution in [0.5, 0.6) is 11.5 Å². The van der Waals surface area contributed by atoms with Crippen LogP contribution in [0.1, 0.15) is 30.6 Å². The fourth-order valence-electron chi connectivity index (χ4n) is 1.91.